The highest BCUT2D eigenvalue weighted by Crippen LogP contribution is 2.43. The van der Waals surface area contributed by atoms with Crippen molar-refractivity contribution in [2.75, 3.05) is 12.4 Å². The molecule has 3 nitrogen and oxygen atoms in total. The van der Waals surface area contributed by atoms with Gasteiger partial charge in [0.05, 0.1) is 16.9 Å². The molecule has 0 radical (unpaired) electrons. The van der Waals surface area contributed by atoms with Crippen LogP contribution in [0.5, 0.6) is 0 Å². The highest BCUT2D eigenvalue weighted by atomic mass is 14.8. The summed E-state index contributed by atoms with van der Waals surface area (Å²) < 4.78 is 0. The van der Waals surface area contributed by atoms with Crippen LogP contribution in [0.4, 0.5) is 5.69 Å². The molecule has 2 heterocycles. The van der Waals surface area contributed by atoms with Crippen molar-refractivity contribution < 1.29 is 0 Å². The summed E-state index contributed by atoms with van der Waals surface area (Å²) in [7, 11) is 1.94. The maximum Gasteiger partial charge on any atom is 0.0788 e. The summed E-state index contributed by atoms with van der Waals surface area (Å²) in [4.78, 5) is 9.77. The lowest BCUT2D eigenvalue weighted by atomic mass is 9.96. The van der Waals surface area contributed by atoms with Gasteiger partial charge in [0, 0.05) is 41.4 Å². The fraction of sp³-hybridized carbons (Fsp3) is 0.167. The Morgan fingerprint density at radius 3 is 2.37 bits per heavy atom. The number of nitrogens with zero attached hydrogens (tertiary/aromatic N) is 2. The van der Waals surface area contributed by atoms with E-state index in [0.29, 0.717) is 5.92 Å². The quantitative estimate of drug-likeness (QED) is 0.499. The van der Waals surface area contributed by atoms with Crippen molar-refractivity contribution in [3.05, 3.63) is 78.6 Å². The van der Waals surface area contributed by atoms with Gasteiger partial charge in [-0.05, 0) is 42.7 Å². The fourth-order valence-electron chi connectivity index (χ4n) is 3.65. The molecule has 132 valence electrons. The van der Waals surface area contributed by atoms with E-state index in [1.165, 1.54) is 29.5 Å². The Labute approximate surface area is 159 Å². The first-order valence-electron chi connectivity index (χ1n) is 9.47. The predicted molar refractivity (Wildman–Crippen MR) is 112 cm³/mol. The van der Waals surface area contributed by atoms with Crippen LogP contribution in [0.15, 0.2) is 72.9 Å². The van der Waals surface area contributed by atoms with Crippen molar-refractivity contribution in [3.63, 3.8) is 0 Å². The topological polar surface area (TPSA) is 37.8 Å². The van der Waals surface area contributed by atoms with Gasteiger partial charge in [0.1, 0.15) is 0 Å². The molecule has 0 atom stereocenters. The first-order valence-corrected chi connectivity index (χ1v) is 9.47. The fourth-order valence-corrected chi connectivity index (χ4v) is 3.65. The third kappa shape index (κ3) is 2.95. The molecule has 5 rings (SSSR count). The smallest absolute Gasteiger partial charge is 0.0788 e. The summed E-state index contributed by atoms with van der Waals surface area (Å²) in [5.41, 5.74) is 7.82. The Morgan fingerprint density at radius 1 is 0.889 bits per heavy atom. The molecule has 0 unspecified atom stereocenters. The van der Waals surface area contributed by atoms with Crippen molar-refractivity contribution in [1.82, 2.24) is 9.97 Å². The van der Waals surface area contributed by atoms with E-state index in [1.54, 1.807) is 0 Å². The first-order chi connectivity index (χ1) is 13.3. The molecule has 2 aromatic heterocycles. The molecule has 2 aromatic carbocycles. The highest BCUT2D eigenvalue weighted by Gasteiger charge is 2.27. The molecule has 1 fully saturated rings. The molecule has 4 aromatic rings. The van der Waals surface area contributed by atoms with Crippen LogP contribution in [0.2, 0.25) is 0 Å². The molecule has 0 amide bonds. The Morgan fingerprint density at radius 2 is 1.67 bits per heavy atom. The van der Waals surface area contributed by atoms with Gasteiger partial charge in [-0.2, -0.15) is 0 Å². The van der Waals surface area contributed by atoms with Crippen LogP contribution in [0.3, 0.4) is 0 Å². The molecule has 0 bridgehead atoms. The number of nitrogens with one attached hydrogen (secondary N) is 1. The zero-order chi connectivity index (χ0) is 18.2. The Hall–Kier alpha value is -3.20. The van der Waals surface area contributed by atoms with Gasteiger partial charge in [0.25, 0.3) is 0 Å². The molecular weight excluding hydrogens is 330 g/mol. The summed E-state index contributed by atoms with van der Waals surface area (Å²) in [6.45, 7) is 0. The summed E-state index contributed by atoms with van der Waals surface area (Å²) in [6, 6.07) is 23.3. The SMILES string of the molecule is CNc1ccc(-c2nc3ccnc(C4CC4)c3cc2-c2ccccc2)cc1. The van der Waals surface area contributed by atoms with E-state index in [-0.39, 0.29) is 0 Å². The minimum absolute atomic E-state index is 0.597. The maximum absolute atomic E-state index is 5.09. The van der Waals surface area contributed by atoms with E-state index in [9.17, 15) is 0 Å². The van der Waals surface area contributed by atoms with Gasteiger partial charge in [-0.25, -0.2) is 4.98 Å². The van der Waals surface area contributed by atoms with Crippen molar-refractivity contribution in [2.24, 2.45) is 0 Å². The zero-order valence-corrected chi connectivity index (χ0v) is 15.3. The van der Waals surface area contributed by atoms with E-state index in [4.69, 9.17) is 4.98 Å². The molecule has 1 saturated carbocycles. The van der Waals surface area contributed by atoms with Gasteiger partial charge in [0.15, 0.2) is 0 Å². The van der Waals surface area contributed by atoms with Gasteiger partial charge < -0.3 is 5.32 Å². The van der Waals surface area contributed by atoms with Crippen molar-refractivity contribution >= 4 is 16.6 Å². The van der Waals surface area contributed by atoms with Crippen molar-refractivity contribution in [1.29, 1.82) is 0 Å². The predicted octanol–water partition coefficient (Wildman–Crippen LogP) is 5.88. The van der Waals surface area contributed by atoms with Crippen LogP contribution in [-0.2, 0) is 0 Å². The monoisotopic (exact) mass is 351 g/mol. The standard InChI is InChI=1S/C24H21N3/c1-25-19-11-9-18(10-12-19)24-20(16-5-3-2-4-6-16)15-21-22(27-24)13-14-26-23(21)17-7-8-17/h2-6,9-15,17,25H,7-8H2,1H3. The largest absolute Gasteiger partial charge is 0.388 e. The van der Waals surface area contributed by atoms with Gasteiger partial charge in [0.2, 0.25) is 0 Å². The number of benzene rings is 2. The molecule has 0 saturated heterocycles. The number of hydrogen-bond donors (Lipinski definition) is 1. The van der Waals surface area contributed by atoms with Gasteiger partial charge in [-0.3, -0.25) is 4.98 Å². The second kappa shape index (κ2) is 6.51. The van der Waals surface area contributed by atoms with Crippen LogP contribution in [0.25, 0.3) is 33.3 Å². The first kappa shape index (κ1) is 16.0. The second-order valence-electron chi connectivity index (χ2n) is 7.12. The van der Waals surface area contributed by atoms with Crippen molar-refractivity contribution in [2.45, 2.75) is 18.8 Å². The van der Waals surface area contributed by atoms with Crippen LogP contribution in [-0.4, -0.2) is 17.0 Å². The normalized spacial score (nSPS) is 13.7. The lowest BCUT2D eigenvalue weighted by Gasteiger charge is -2.13. The number of rotatable bonds is 4. The van der Waals surface area contributed by atoms with Crippen LogP contribution in [0.1, 0.15) is 24.5 Å². The molecule has 0 aliphatic heterocycles. The van der Waals surface area contributed by atoms with E-state index in [0.717, 1.165) is 28.0 Å². The minimum atomic E-state index is 0.597. The third-order valence-corrected chi connectivity index (χ3v) is 5.27. The van der Waals surface area contributed by atoms with Crippen LogP contribution < -0.4 is 5.32 Å². The summed E-state index contributed by atoms with van der Waals surface area (Å²) in [5.74, 6) is 0.597. The average Bonchev–Trinajstić information content (AvgIpc) is 3.58. The summed E-state index contributed by atoms with van der Waals surface area (Å²) in [6.07, 6.45) is 4.37. The number of pyridine rings is 2. The van der Waals surface area contributed by atoms with Crippen LogP contribution in [0, 0.1) is 0 Å². The van der Waals surface area contributed by atoms with E-state index in [2.05, 4.69) is 71.0 Å². The lowest BCUT2D eigenvalue weighted by Crippen LogP contribution is -1.96. The molecule has 1 N–H and O–H groups in total. The Kier molecular flexibility index (Phi) is 3.86. The number of hydrogen-bond acceptors (Lipinski definition) is 3. The number of anilines is 1. The zero-order valence-electron chi connectivity index (χ0n) is 15.3. The van der Waals surface area contributed by atoms with E-state index < -0.39 is 0 Å². The van der Waals surface area contributed by atoms with Crippen LogP contribution >= 0.6 is 0 Å². The highest BCUT2D eigenvalue weighted by molar-refractivity contribution is 5.93. The third-order valence-electron chi connectivity index (χ3n) is 5.27. The number of fused-ring (bicyclic) bond motifs is 1. The minimum Gasteiger partial charge on any atom is -0.388 e. The van der Waals surface area contributed by atoms with E-state index in [1.807, 2.05) is 19.3 Å². The average molecular weight is 351 g/mol. The van der Waals surface area contributed by atoms with Gasteiger partial charge in [-0.15, -0.1) is 0 Å². The molecule has 1 aliphatic rings. The van der Waals surface area contributed by atoms with E-state index >= 15 is 0 Å². The Bertz CT molecular complexity index is 1100. The molecular formula is C24H21N3. The second-order valence-corrected chi connectivity index (χ2v) is 7.12. The van der Waals surface area contributed by atoms with Gasteiger partial charge >= 0.3 is 0 Å². The summed E-state index contributed by atoms with van der Waals surface area (Å²) in [5, 5.41) is 4.37. The molecule has 0 spiro atoms. The van der Waals surface area contributed by atoms with Gasteiger partial charge in [-0.1, -0.05) is 42.5 Å². The van der Waals surface area contributed by atoms with Crippen molar-refractivity contribution in [3.8, 4) is 22.4 Å². The lowest BCUT2D eigenvalue weighted by molar-refractivity contribution is 1.04. The maximum atomic E-state index is 5.09. The number of aromatic nitrogens is 2. The molecule has 1 aliphatic carbocycles. The molecule has 3 heteroatoms. The Balaban J connectivity index is 1.77. The summed E-state index contributed by atoms with van der Waals surface area (Å²) >= 11 is 0. The molecule has 27 heavy (non-hydrogen) atoms.